The molecule has 0 saturated carbocycles. The van der Waals surface area contributed by atoms with Gasteiger partial charge >= 0.3 is 6.03 Å². The van der Waals surface area contributed by atoms with Crippen molar-refractivity contribution in [2.75, 3.05) is 26.7 Å². The molecule has 0 aromatic heterocycles. The van der Waals surface area contributed by atoms with E-state index in [0.717, 1.165) is 12.1 Å². The number of hydrogen-bond acceptors (Lipinski definition) is 3. The van der Waals surface area contributed by atoms with E-state index >= 15 is 0 Å². The summed E-state index contributed by atoms with van der Waals surface area (Å²) in [5, 5.41) is 2.83. The molecule has 2 atom stereocenters. The van der Waals surface area contributed by atoms with Gasteiger partial charge in [0, 0.05) is 26.2 Å². The fourth-order valence-corrected chi connectivity index (χ4v) is 3.01. The Balaban J connectivity index is 1.56. The van der Waals surface area contributed by atoms with E-state index < -0.39 is 11.6 Å². The van der Waals surface area contributed by atoms with E-state index in [9.17, 15) is 18.4 Å². The number of fused-ring (bicyclic) bond motifs is 1. The molecule has 1 aromatic carbocycles. The van der Waals surface area contributed by atoms with Crippen LogP contribution in [0.1, 0.15) is 6.42 Å². The highest BCUT2D eigenvalue weighted by Crippen LogP contribution is 2.22. The second-order valence-electron chi connectivity index (χ2n) is 5.73. The van der Waals surface area contributed by atoms with E-state index in [4.69, 9.17) is 4.74 Å². The summed E-state index contributed by atoms with van der Waals surface area (Å²) < 4.78 is 31.4. The van der Waals surface area contributed by atoms with E-state index in [-0.39, 0.29) is 36.4 Å². The number of nitrogens with zero attached hydrogens (tertiary/aromatic N) is 2. The molecule has 124 valence electrons. The van der Waals surface area contributed by atoms with Gasteiger partial charge in [0.25, 0.3) is 5.91 Å². The smallest absolute Gasteiger partial charge is 0.317 e. The van der Waals surface area contributed by atoms with Crippen molar-refractivity contribution in [3.05, 3.63) is 29.8 Å². The van der Waals surface area contributed by atoms with E-state index in [1.54, 1.807) is 16.8 Å². The van der Waals surface area contributed by atoms with Gasteiger partial charge in [-0.2, -0.15) is 0 Å². The number of hydrogen-bond donors (Lipinski definition) is 1. The first-order valence-corrected chi connectivity index (χ1v) is 7.34. The van der Waals surface area contributed by atoms with Crippen LogP contribution in [0, 0.1) is 11.6 Å². The maximum atomic E-state index is 13.5. The van der Waals surface area contributed by atoms with Crippen molar-refractivity contribution in [3.63, 3.8) is 0 Å². The van der Waals surface area contributed by atoms with Crippen molar-refractivity contribution in [1.82, 2.24) is 15.1 Å². The molecule has 2 heterocycles. The number of benzene rings is 1. The third-order valence-electron chi connectivity index (χ3n) is 4.30. The molecule has 6 nitrogen and oxygen atoms in total. The van der Waals surface area contributed by atoms with E-state index in [1.165, 1.54) is 0 Å². The summed E-state index contributed by atoms with van der Waals surface area (Å²) in [5.74, 6) is -2.01. The Morgan fingerprint density at radius 1 is 1.43 bits per heavy atom. The minimum Gasteiger partial charge on any atom is -0.481 e. The Hall–Kier alpha value is -2.38. The Morgan fingerprint density at radius 3 is 2.96 bits per heavy atom. The molecule has 3 amide bonds. The van der Waals surface area contributed by atoms with Gasteiger partial charge in [0.05, 0.1) is 12.1 Å². The number of urea groups is 1. The van der Waals surface area contributed by atoms with Gasteiger partial charge in [0.1, 0.15) is 5.82 Å². The lowest BCUT2D eigenvalue weighted by Gasteiger charge is -2.35. The predicted octanol–water partition coefficient (Wildman–Crippen LogP) is 0.968. The summed E-state index contributed by atoms with van der Waals surface area (Å²) >= 11 is 0. The molecule has 0 unspecified atom stereocenters. The maximum absolute atomic E-state index is 13.5. The van der Waals surface area contributed by atoms with Crippen molar-refractivity contribution < 1.29 is 23.1 Å². The number of rotatable bonds is 3. The summed E-state index contributed by atoms with van der Waals surface area (Å²) in [7, 11) is 1.73. The SMILES string of the molecule is CN1C(=O)N[C@@H]2CN(C(=O)COc3ccc(F)cc3F)CC[C@@H]21. The molecule has 8 heteroatoms. The summed E-state index contributed by atoms with van der Waals surface area (Å²) in [4.78, 5) is 27.0. The molecule has 0 radical (unpaired) electrons. The molecule has 0 bridgehead atoms. The molecule has 1 N–H and O–H groups in total. The van der Waals surface area contributed by atoms with Crippen LogP contribution in [-0.4, -0.2) is 60.6 Å². The maximum Gasteiger partial charge on any atom is 0.317 e. The zero-order chi connectivity index (χ0) is 16.6. The van der Waals surface area contributed by atoms with Crippen LogP contribution < -0.4 is 10.1 Å². The Kier molecular flexibility index (Phi) is 4.06. The summed E-state index contributed by atoms with van der Waals surface area (Å²) in [6, 6.07) is 2.76. The van der Waals surface area contributed by atoms with Crippen LogP contribution >= 0.6 is 0 Å². The number of likely N-dealkylation sites (N-methyl/N-ethyl adjacent to an activating group) is 1. The second-order valence-corrected chi connectivity index (χ2v) is 5.73. The lowest BCUT2D eigenvalue weighted by Crippen LogP contribution is -2.53. The molecule has 2 aliphatic rings. The first-order valence-electron chi connectivity index (χ1n) is 7.34. The highest BCUT2D eigenvalue weighted by molar-refractivity contribution is 5.80. The molecular formula is C15H17F2N3O3. The molecule has 0 spiro atoms. The monoisotopic (exact) mass is 325 g/mol. The molecule has 2 fully saturated rings. The first kappa shape index (κ1) is 15.5. The average Bonchev–Trinajstić information content (AvgIpc) is 2.80. The topological polar surface area (TPSA) is 61.9 Å². The molecular weight excluding hydrogens is 308 g/mol. The summed E-state index contributed by atoms with van der Waals surface area (Å²) in [6.07, 6.45) is 0.677. The van der Waals surface area contributed by atoms with Gasteiger partial charge in [-0.3, -0.25) is 4.79 Å². The third kappa shape index (κ3) is 3.06. The van der Waals surface area contributed by atoms with Gasteiger partial charge < -0.3 is 19.9 Å². The molecule has 23 heavy (non-hydrogen) atoms. The van der Waals surface area contributed by atoms with Crippen molar-refractivity contribution >= 4 is 11.9 Å². The van der Waals surface area contributed by atoms with Crippen LogP contribution in [0.4, 0.5) is 13.6 Å². The number of piperidine rings is 1. The van der Waals surface area contributed by atoms with Gasteiger partial charge in [-0.1, -0.05) is 0 Å². The lowest BCUT2D eigenvalue weighted by atomic mass is 10.0. The van der Waals surface area contributed by atoms with Gasteiger partial charge in [0.2, 0.25) is 0 Å². The van der Waals surface area contributed by atoms with Crippen LogP contribution in [0.15, 0.2) is 18.2 Å². The number of halogens is 2. The standard InChI is InChI=1S/C15H17F2N3O3/c1-19-12-4-5-20(7-11(12)18-15(19)22)14(21)8-23-13-3-2-9(16)6-10(13)17/h2-3,6,11-12H,4-5,7-8H2,1H3,(H,18,22)/t11-,12+/m1/s1. The van der Waals surface area contributed by atoms with Crippen molar-refractivity contribution in [2.45, 2.75) is 18.5 Å². The predicted molar refractivity (Wildman–Crippen MR) is 76.9 cm³/mol. The van der Waals surface area contributed by atoms with Crippen LogP contribution in [0.2, 0.25) is 0 Å². The zero-order valence-corrected chi connectivity index (χ0v) is 12.6. The first-order chi connectivity index (χ1) is 11.0. The fourth-order valence-electron chi connectivity index (χ4n) is 3.01. The molecule has 3 rings (SSSR count). The Morgan fingerprint density at radius 2 is 2.22 bits per heavy atom. The summed E-state index contributed by atoms with van der Waals surface area (Å²) in [5.41, 5.74) is 0. The molecule has 2 saturated heterocycles. The van der Waals surface area contributed by atoms with Crippen molar-refractivity contribution in [2.24, 2.45) is 0 Å². The molecule has 2 aliphatic heterocycles. The summed E-state index contributed by atoms with van der Waals surface area (Å²) in [6.45, 7) is 0.577. The number of nitrogens with one attached hydrogen (secondary N) is 1. The molecule has 1 aromatic rings. The Bertz CT molecular complexity index is 640. The lowest BCUT2D eigenvalue weighted by molar-refractivity contribution is -0.135. The second kappa shape index (κ2) is 6.02. The number of carbonyl (C=O) groups excluding carboxylic acids is 2. The van der Waals surface area contributed by atoms with Crippen LogP contribution in [0.25, 0.3) is 0 Å². The van der Waals surface area contributed by atoms with Gasteiger partial charge in [-0.25, -0.2) is 13.6 Å². The van der Waals surface area contributed by atoms with Crippen LogP contribution in [0.5, 0.6) is 5.75 Å². The fraction of sp³-hybridized carbons (Fsp3) is 0.467. The van der Waals surface area contributed by atoms with Crippen molar-refractivity contribution in [1.29, 1.82) is 0 Å². The highest BCUT2D eigenvalue weighted by Gasteiger charge is 2.41. The number of carbonyl (C=O) groups is 2. The van der Waals surface area contributed by atoms with Gasteiger partial charge in [-0.05, 0) is 18.6 Å². The van der Waals surface area contributed by atoms with Gasteiger partial charge in [0.15, 0.2) is 18.2 Å². The largest absolute Gasteiger partial charge is 0.481 e. The molecule has 0 aliphatic carbocycles. The normalized spacial score (nSPS) is 23.5. The zero-order valence-electron chi connectivity index (χ0n) is 12.6. The number of likely N-dealkylation sites (tertiary alicyclic amines) is 1. The quantitative estimate of drug-likeness (QED) is 0.901. The van der Waals surface area contributed by atoms with Crippen LogP contribution in [0.3, 0.4) is 0 Å². The third-order valence-corrected chi connectivity index (χ3v) is 4.30. The minimum absolute atomic E-state index is 0.0852. The highest BCUT2D eigenvalue weighted by atomic mass is 19.1. The number of ether oxygens (including phenoxy) is 1. The van der Waals surface area contributed by atoms with Gasteiger partial charge in [-0.15, -0.1) is 0 Å². The van der Waals surface area contributed by atoms with E-state index in [2.05, 4.69) is 5.32 Å². The minimum atomic E-state index is -0.846. The van der Waals surface area contributed by atoms with E-state index in [1.807, 2.05) is 0 Å². The van der Waals surface area contributed by atoms with Crippen LogP contribution in [-0.2, 0) is 4.79 Å². The van der Waals surface area contributed by atoms with Crippen molar-refractivity contribution in [3.8, 4) is 5.75 Å². The number of amides is 3. The average molecular weight is 325 g/mol. The Labute approximate surface area is 132 Å². The van der Waals surface area contributed by atoms with E-state index in [0.29, 0.717) is 25.6 Å².